The van der Waals surface area contributed by atoms with Gasteiger partial charge in [0.1, 0.15) is 5.75 Å². The average Bonchev–Trinajstić information content (AvgIpc) is 3.05. The highest BCUT2D eigenvalue weighted by Gasteiger charge is 2.26. The monoisotopic (exact) mass is 300 g/mol. The smallest absolute Gasteiger partial charge is 0.276 e. The summed E-state index contributed by atoms with van der Waals surface area (Å²) in [5.74, 6) is 1.27. The molecule has 1 fully saturated rings. The Labute approximate surface area is 129 Å². The van der Waals surface area contributed by atoms with Gasteiger partial charge in [0.25, 0.3) is 5.91 Å². The van der Waals surface area contributed by atoms with Crippen molar-refractivity contribution in [3.05, 3.63) is 36.0 Å². The molecule has 1 aromatic heterocycles. The fourth-order valence-corrected chi connectivity index (χ4v) is 2.84. The van der Waals surface area contributed by atoms with Crippen molar-refractivity contribution >= 4 is 5.91 Å². The van der Waals surface area contributed by atoms with Crippen LogP contribution in [0.4, 0.5) is 0 Å². The summed E-state index contributed by atoms with van der Waals surface area (Å²) in [5.41, 5.74) is 1.21. The minimum atomic E-state index is -0.0508. The summed E-state index contributed by atoms with van der Waals surface area (Å²) in [7, 11) is 1.62. The van der Waals surface area contributed by atoms with Gasteiger partial charge in [-0.25, -0.2) is 0 Å². The number of likely N-dealkylation sites (tertiary alicyclic amines) is 1. The third kappa shape index (κ3) is 2.84. The zero-order chi connectivity index (χ0) is 15.5. The van der Waals surface area contributed by atoms with Gasteiger partial charge in [-0.1, -0.05) is 17.3 Å². The van der Waals surface area contributed by atoms with Crippen LogP contribution >= 0.6 is 0 Å². The van der Waals surface area contributed by atoms with E-state index < -0.39 is 0 Å². The van der Waals surface area contributed by atoms with Gasteiger partial charge in [0.15, 0.2) is 11.5 Å². The zero-order valence-electron chi connectivity index (χ0n) is 12.9. The molecule has 0 bridgehead atoms. The number of ether oxygens (including phenoxy) is 1. The van der Waals surface area contributed by atoms with Crippen molar-refractivity contribution in [2.75, 3.05) is 13.7 Å². The molecule has 22 heavy (non-hydrogen) atoms. The normalized spacial score (nSPS) is 18.3. The number of hydrogen-bond donors (Lipinski definition) is 0. The molecular formula is C17H20N2O3. The molecule has 1 atom stereocenters. The van der Waals surface area contributed by atoms with E-state index in [2.05, 4.69) is 12.1 Å². The first-order valence-corrected chi connectivity index (χ1v) is 7.61. The van der Waals surface area contributed by atoms with Gasteiger partial charge in [0.2, 0.25) is 0 Å². The minimum absolute atomic E-state index is 0.0508. The van der Waals surface area contributed by atoms with Crippen LogP contribution in [0.3, 0.4) is 0 Å². The van der Waals surface area contributed by atoms with E-state index in [1.54, 1.807) is 13.2 Å². The van der Waals surface area contributed by atoms with Crippen molar-refractivity contribution in [3.63, 3.8) is 0 Å². The molecular weight excluding hydrogens is 280 g/mol. The van der Waals surface area contributed by atoms with Crippen LogP contribution in [0.15, 0.2) is 34.9 Å². The highest BCUT2D eigenvalue weighted by atomic mass is 16.5. The highest BCUT2D eigenvalue weighted by Crippen LogP contribution is 2.26. The summed E-state index contributed by atoms with van der Waals surface area (Å²) < 4.78 is 10.5. The maximum atomic E-state index is 12.6. The first-order chi connectivity index (χ1) is 10.7. The van der Waals surface area contributed by atoms with Crippen LogP contribution in [-0.2, 0) is 0 Å². The largest absolute Gasteiger partial charge is 0.497 e. The molecule has 0 N–H and O–H groups in total. The summed E-state index contributed by atoms with van der Waals surface area (Å²) in [6.07, 6.45) is 3.28. The van der Waals surface area contributed by atoms with Crippen molar-refractivity contribution in [1.29, 1.82) is 0 Å². The predicted octanol–water partition coefficient (Wildman–Crippen LogP) is 3.36. The Morgan fingerprint density at radius 1 is 1.36 bits per heavy atom. The molecule has 1 aliphatic heterocycles. The second kappa shape index (κ2) is 6.22. The number of benzene rings is 1. The van der Waals surface area contributed by atoms with Gasteiger partial charge in [-0.05, 0) is 38.3 Å². The number of aromatic nitrogens is 1. The molecule has 5 heteroatoms. The lowest BCUT2D eigenvalue weighted by Crippen LogP contribution is -2.42. The Morgan fingerprint density at radius 3 is 3.00 bits per heavy atom. The first-order valence-electron chi connectivity index (χ1n) is 7.61. The fourth-order valence-electron chi connectivity index (χ4n) is 2.84. The second-order valence-electron chi connectivity index (χ2n) is 5.65. The van der Waals surface area contributed by atoms with E-state index in [-0.39, 0.29) is 11.9 Å². The molecule has 0 saturated carbocycles. The van der Waals surface area contributed by atoms with Crippen molar-refractivity contribution in [3.8, 4) is 17.1 Å². The fraction of sp³-hybridized carbons (Fsp3) is 0.412. The Morgan fingerprint density at radius 2 is 2.23 bits per heavy atom. The van der Waals surface area contributed by atoms with Gasteiger partial charge >= 0.3 is 0 Å². The quantitative estimate of drug-likeness (QED) is 0.872. The lowest BCUT2D eigenvalue weighted by Gasteiger charge is -2.32. The molecule has 5 nitrogen and oxygen atoms in total. The molecule has 0 aliphatic carbocycles. The Hall–Kier alpha value is -2.30. The van der Waals surface area contributed by atoms with E-state index in [0.717, 1.165) is 30.7 Å². The van der Waals surface area contributed by atoms with Gasteiger partial charge in [-0.15, -0.1) is 0 Å². The number of methoxy groups -OCH3 is 1. The first kappa shape index (κ1) is 14.6. The number of rotatable bonds is 3. The highest BCUT2D eigenvalue weighted by molar-refractivity contribution is 5.93. The number of hydrogen-bond acceptors (Lipinski definition) is 4. The molecule has 0 spiro atoms. The van der Waals surface area contributed by atoms with Gasteiger partial charge in [0.05, 0.1) is 7.11 Å². The van der Waals surface area contributed by atoms with Crippen molar-refractivity contribution in [2.45, 2.75) is 32.2 Å². The van der Waals surface area contributed by atoms with E-state index in [1.807, 2.05) is 29.2 Å². The number of piperidine rings is 1. The van der Waals surface area contributed by atoms with Crippen LogP contribution in [0.5, 0.6) is 5.75 Å². The summed E-state index contributed by atoms with van der Waals surface area (Å²) in [6, 6.07) is 9.47. The molecule has 1 amide bonds. The van der Waals surface area contributed by atoms with Crippen LogP contribution in [0, 0.1) is 0 Å². The summed E-state index contributed by atoms with van der Waals surface area (Å²) in [6.45, 7) is 2.88. The average molecular weight is 300 g/mol. The van der Waals surface area contributed by atoms with Crippen LogP contribution in [0.25, 0.3) is 11.3 Å². The topological polar surface area (TPSA) is 55.6 Å². The molecule has 2 heterocycles. The van der Waals surface area contributed by atoms with Crippen molar-refractivity contribution in [2.24, 2.45) is 0 Å². The van der Waals surface area contributed by atoms with Crippen LogP contribution < -0.4 is 4.74 Å². The number of amides is 1. The van der Waals surface area contributed by atoms with Crippen LogP contribution in [0.1, 0.15) is 36.7 Å². The van der Waals surface area contributed by atoms with Crippen molar-refractivity contribution < 1.29 is 14.1 Å². The Balaban J connectivity index is 1.82. The Kier molecular flexibility index (Phi) is 4.13. The predicted molar refractivity (Wildman–Crippen MR) is 82.8 cm³/mol. The molecule has 0 unspecified atom stereocenters. The van der Waals surface area contributed by atoms with Gasteiger partial charge in [-0.3, -0.25) is 4.79 Å². The maximum absolute atomic E-state index is 12.6. The zero-order valence-corrected chi connectivity index (χ0v) is 12.9. The van der Waals surface area contributed by atoms with Crippen LogP contribution in [-0.4, -0.2) is 35.7 Å². The number of carbonyl (C=O) groups is 1. The molecule has 1 saturated heterocycles. The minimum Gasteiger partial charge on any atom is -0.497 e. The lowest BCUT2D eigenvalue weighted by atomic mass is 10.0. The number of nitrogens with zero attached hydrogens (tertiary/aromatic N) is 2. The van der Waals surface area contributed by atoms with E-state index in [4.69, 9.17) is 9.26 Å². The summed E-state index contributed by atoms with van der Waals surface area (Å²) in [5, 5.41) is 3.95. The maximum Gasteiger partial charge on any atom is 0.276 e. The lowest BCUT2D eigenvalue weighted by molar-refractivity contribution is 0.0625. The van der Waals surface area contributed by atoms with E-state index in [0.29, 0.717) is 11.5 Å². The summed E-state index contributed by atoms with van der Waals surface area (Å²) >= 11 is 0. The number of carbonyl (C=O) groups excluding carboxylic acids is 1. The molecule has 0 radical (unpaired) electrons. The van der Waals surface area contributed by atoms with Crippen LogP contribution in [0.2, 0.25) is 0 Å². The second-order valence-corrected chi connectivity index (χ2v) is 5.65. The van der Waals surface area contributed by atoms with Gasteiger partial charge in [-0.2, -0.15) is 0 Å². The molecule has 3 rings (SSSR count). The SMILES string of the molecule is COc1cccc(-c2cc(C(=O)N3CCCC[C@@H]3C)no2)c1. The molecule has 1 aliphatic rings. The standard InChI is InChI=1S/C17H20N2O3/c1-12-6-3-4-9-19(12)17(20)15-11-16(22-18-15)13-7-5-8-14(10-13)21-2/h5,7-8,10-12H,3-4,6,9H2,1-2H3/t12-/m0/s1. The third-order valence-electron chi connectivity index (χ3n) is 4.15. The summed E-state index contributed by atoms with van der Waals surface area (Å²) in [4.78, 5) is 14.4. The molecule has 1 aromatic carbocycles. The van der Waals surface area contributed by atoms with E-state index >= 15 is 0 Å². The van der Waals surface area contributed by atoms with Gasteiger partial charge in [0, 0.05) is 24.2 Å². The third-order valence-corrected chi connectivity index (χ3v) is 4.15. The van der Waals surface area contributed by atoms with E-state index in [9.17, 15) is 4.79 Å². The van der Waals surface area contributed by atoms with E-state index in [1.165, 1.54) is 6.42 Å². The Bertz CT molecular complexity index is 665. The molecule has 2 aromatic rings. The van der Waals surface area contributed by atoms with Gasteiger partial charge < -0.3 is 14.2 Å². The van der Waals surface area contributed by atoms with Crippen molar-refractivity contribution in [1.82, 2.24) is 10.1 Å². The molecule has 116 valence electrons.